The number of amides is 1. The Labute approximate surface area is 226 Å². The fourth-order valence-corrected chi connectivity index (χ4v) is 5.97. The van der Waals surface area contributed by atoms with Gasteiger partial charge in [0, 0.05) is 30.4 Å². The van der Waals surface area contributed by atoms with Crippen LogP contribution in [0.3, 0.4) is 0 Å². The van der Waals surface area contributed by atoms with Crippen LogP contribution in [-0.4, -0.2) is 36.3 Å². The van der Waals surface area contributed by atoms with Gasteiger partial charge >= 0.3 is 0 Å². The van der Waals surface area contributed by atoms with Gasteiger partial charge in [-0.15, -0.1) is 0 Å². The summed E-state index contributed by atoms with van der Waals surface area (Å²) in [6.07, 6.45) is 5.98. The maximum atomic E-state index is 13.5. The number of pyridine rings is 1. The lowest BCUT2D eigenvalue weighted by Gasteiger charge is -2.19. The van der Waals surface area contributed by atoms with Gasteiger partial charge in [-0.25, -0.2) is 14.4 Å². The smallest absolute Gasteiger partial charge is 0.274 e. The summed E-state index contributed by atoms with van der Waals surface area (Å²) >= 11 is 5.86. The minimum Gasteiger partial charge on any atom is -0.386 e. The number of imidazole rings is 1. The lowest BCUT2D eigenvalue weighted by molar-refractivity contribution is 0.0782. The van der Waals surface area contributed by atoms with Gasteiger partial charge in [0.05, 0.1) is 22.6 Å². The summed E-state index contributed by atoms with van der Waals surface area (Å²) in [5, 5.41) is 24.0. The van der Waals surface area contributed by atoms with Gasteiger partial charge in [-0.2, -0.15) is 0 Å². The maximum absolute atomic E-state index is 13.5. The first-order chi connectivity index (χ1) is 17.9. The molecular weight excluding hydrogens is 507 g/mol. The van der Waals surface area contributed by atoms with E-state index in [0.29, 0.717) is 35.5 Å². The number of aromatic nitrogens is 3. The molecule has 5 rings (SSSR count). The second-order valence-corrected chi connectivity index (χ2v) is 11.4. The SMILES string of the molecule is Cn1cnc(C2CC3CC(O)(C#Cc4ccc(C(C)(C)O)cn4)CC3C2)c1C(=O)Nc1ccc(F)c(Cl)c1. The standard InChI is InChI=1S/C29H30ClFN4O3/c1-28(2,37)20-4-5-21(32-15-20)8-9-29(38)13-18-10-17(11-19(18)14-29)25-26(35(3)16-33-25)27(36)34-22-6-7-24(31)23(30)12-22/h4-7,12,15-19,37-38H,10-11,13-14H2,1-3H3,(H,34,36). The molecule has 2 fully saturated rings. The Bertz CT molecular complexity index is 1420. The maximum Gasteiger partial charge on any atom is 0.274 e. The Morgan fingerprint density at radius 1 is 1.21 bits per heavy atom. The van der Waals surface area contributed by atoms with Gasteiger partial charge < -0.3 is 20.1 Å². The van der Waals surface area contributed by atoms with Crippen molar-refractivity contribution in [2.45, 2.75) is 56.7 Å². The summed E-state index contributed by atoms with van der Waals surface area (Å²) in [6, 6.07) is 7.60. The summed E-state index contributed by atoms with van der Waals surface area (Å²) in [6.45, 7) is 3.40. The lowest BCUT2D eigenvalue weighted by atomic mass is 9.92. The minimum atomic E-state index is -1.08. The van der Waals surface area contributed by atoms with Crippen molar-refractivity contribution in [3.05, 3.63) is 76.3 Å². The van der Waals surface area contributed by atoms with E-state index in [4.69, 9.17) is 11.6 Å². The second kappa shape index (κ2) is 9.81. The topological polar surface area (TPSA) is 100 Å². The number of hydrogen-bond acceptors (Lipinski definition) is 5. The summed E-state index contributed by atoms with van der Waals surface area (Å²) < 4.78 is 15.2. The first kappa shape index (κ1) is 26.4. The Balaban J connectivity index is 1.26. The number of carbonyl (C=O) groups is 1. The van der Waals surface area contributed by atoms with Crippen LogP contribution in [0.2, 0.25) is 5.02 Å². The van der Waals surface area contributed by atoms with Crippen molar-refractivity contribution >= 4 is 23.2 Å². The molecule has 0 aliphatic heterocycles. The van der Waals surface area contributed by atoms with Crippen LogP contribution < -0.4 is 5.32 Å². The highest BCUT2D eigenvalue weighted by molar-refractivity contribution is 6.31. The van der Waals surface area contributed by atoms with Crippen LogP contribution in [0.5, 0.6) is 0 Å². The molecule has 1 amide bonds. The van der Waals surface area contributed by atoms with E-state index >= 15 is 0 Å². The molecule has 3 N–H and O–H groups in total. The van der Waals surface area contributed by atoms with E-state index in [1.165, 1.54) is 18.2 Å². The predicted octanol–water partition coefficient (Wildman–Crippen LogP) is 4.77. The zero-order valence-electron chi connectivity index (χ0n) is 21.5. The molecule has 2 heterocycles. The zero-order valence-corrected chi connectivity index (χ0v) is 22.3. The van der Waals surface area contributed by atoms with Crippen molar-refractivity contribution in [1.82, 2.24) is 14.5 Å². The first-order valence-electron chi connectivity index (χ1n) is 12.6. The average molecular weight is 537 g/mol. The van der Waals surface area contributed by atoms with Gasteiger partial charge in [-0.05, 0) is 81.6 Å². The van der Waals surface area contributed by atoms with E-state index in [2.05, 4.69) is 27.1 Å². The normalized spacial score (nSPS) is 24.6. The van der Waals surface area contributed by atoms with Crippen molar-refractivity contribution in [2.24, 2.45) is 18.9 Å². The third-order valence-electron chi connectivity index (χ3n) is 7.68. The molecule has 0 bridgehead atoms. The average Bonchev–Trinajstić information content (AvgIpc) is 3.51. The Hall–Kier alpha value is -3.25. The first-order valence-corrected chi connectivity index (χ1v) is 13.0. The van der Waals surface area contributed by atoms with Gasteiger partial charge in [0.15, 0.2) is 0 Å². The van der Waals surface area contributed by atoms with Crippen molar-refractivity contribution in [1.29, 1.82) is 0 Å². The number of nitrogens with zero attached hydrogens (tertiary/aromatic N) is 3. The highest BCUT2D eigenvalue weighted by Gasteiger charge is 2.49. The molecule has 2 saturated carbocycles. The molecule has 2 aromatic heterocycles. The van der Waals surface area contributed by atoms with Crippen LogP contribution in [0.4, 0.5) is 10.1 Å². The number of aliphatic hydroxyl groups is 2. The van der Waals surface area contributed by atoms with Gasteiger partial charge in [-0.3, -0.25) is 4.79 Å². The van der Waals surface area contributed by atoms with Crippen molar-refractivity contribution < 1.29 is 19.4 Å². The third-order valence-corrected chi connectivity index (χ3v) is 7.97. The fourth-order valence-electron chi connectivity index (χ4n) is 5.79. The number of fused-ring (bicyclic) bond motifs is 1. The molecular formula is C29H30ClFN4O3. The largest absolute Gasteiger partial charge is 0.386 e. The van der Waals surface area contributed by atoms with Crippen molar-refractivity contribution in [3.63, 3.8) is 0 Å². The highest BCUT2D eigenvalue weighted by Crippen LogP contribution is 2.53. The number of hydrogen-bond donors (Lipinski definition) is 3. The molecule has 7 nitrogen and oxygen atoms in total. The molecule has 2 aliphatic rings. The highest BCUT2D eigenvalue weighted by atomic mass is 35.5. The Morgan fingerprint density at radius 3 is 2.53 bits per heavy atom. The number of halogens is 2. The predicted molar refractivity (Wildman–Crippen MR) is 142 cm³/mol. The number of rotatable bonds is 4. The van der Waals surface area contributed by atoms with E-state index in [-0.39, 0.29) is 28.7 Å². The molecule has 3 aromatic rings. The van der Waals surface area contributed by atoms with Gasteiger partial charge in [-0.1, -0.05) is 23.6 Å². The van der Waals surface area contributed by atoms with Crippen LogP contribution in [0.25, 0.3) is 0 Å². The van der Waals surface area contributed by atoms with Gasteiger partial charge in [0.2, 0.25) is 0 Å². The molecule has 2 aliphatic carbocycles. The molecule has 0 saturated heterocycles. The molecule has 9 heteroatoms. The quantitative estimate of drug-likeness (QED) is 0.417. The summed E-state index contributed by atoms with van der Waals surface area (Å²) in [4.78, 5) is 22.0. The number of anilines is 1. The monoisotopic (exact) mass is 536 g/mol. The van der Waals surface area contributed by atoms with Crippen molar-refractivity contribution in [2.75, 3.05) is 5.32 Å². The van der Waals surface area contributed by atoms with E-state index in [1.54, 1.807) is 50.1 Å². The molecule has 2 atom stereocenters. The number of nitrogens with one attached hydrogen (secondary N) is 1. The Morgan fingerprint density at radius 2 is 1.92 bits per heavy atom. The van der Waals surface area contributed by atoms with E-state index < -0.39 is 17.0 Å². The summed E-state index contributed by atoms with van der Waals surface area (Å²) in [5.41, 5.74) is 0.803. The van der Waals surface area contributed by atoms with E-state index in [0.717, 1.165) is 18.5 Å². The summed E-state index contributed by atoms with van der Waals surface area (Å²) in [7, 11) is 1.77. The van der Waals surface area contributed by atoms with Gasteiger partial charge in [0.25, 0.3) is 5.91 Å². The number of aryl methyl sites for hydroxylation is 1. The lowest BCUT2D eigenvalue weighted by Crippen LogP contribution is -2.24. The molecule has 2 unspecified atom stereocenters. The molecule has 198 valence electrons. The molecule has 0 spiro atoms. The van der Waals surface area contributed by atoms with E-state index in [9.17, 15) is 19.4 Å². The minimum absolute atomic E-state index is 0.0610. The fraction of sp³-hybridized carbons (Fsp3) is 0.414. The van der Waals surface area contributed by atoms with Crippen LogP contribution in [0.1, 0.15) is 72.9 Å². The van der Waals surface area contributed by atoms with Crippen LogP contribution >= 0.6 is 11.6 Å². The summed E-state index contributed by atoms with van der Waals surface area (Å²) in [5.74, 6) is 5.82. The van der Waals surface area contributed by atoms with E-state index in [1.807, 2.05) is 0 Å². The second-order valence-electron chi connectivity index (χ2n) is 11.0. The zero-order chi connectivity index (χ0) is 27.2. The van der Waals surface area contributed by atoms with Crippen LogP contribution in [0.15, 0.2) is 42.9 Å². The molecule has 0 radical (unpaired) electrons. The number of carbonyl (C=O) groups excluding carboxylic acids is 1. The third kappa shape index (κ3) is 5.32. The molecule has 1 aromatic carbocycles. The molecule has 38 heavy (non-hydrogen) atoms. The Kier molecular flexibility index (Phi) is 6.80. The van der Waals surface area contributed by atoms with Crippen LogP contribution in [-0.2, 0) is 12.6 Å². The van der Waals surface area contributed by atoms with Crippen molar-refractivity contribution in [3.8, 4) is 11.8 Å². The van der Waals surface area contributed by atoms with Crippen LogP contribution in [0, 0.1) is 29.5 Å². The number of benzene rings is 1. The van der Waals surface area contributed by atoms with Gasteiger partial charge in [0.1, 0.15) is 22.8 Å².